The maximum atomic E-state index is 6.23. The summed E-state index contributed by atoms with van der Waals surface area (Å²) in [7, 11) is 0. The van der Waals surface area contributed by atoms with Crippen molar-refractivity contribution in [2.24, 2.45) is 11.3 Å². The van der Waals surface area contributed by atoms with E-state index in [9.17, 15) is 0 Å². The van der Waals surface area contributed by atoms with Crippen LogP contribution in [0.4, 0.5) is 0 Å². The highest BCUT2D eigenvalue weighted by atomic mass is 16.6. The summed E-state index contributed by atoms with van der Waals surface area (Å²) in [5.74, 6) is 0.761. The minimum Gasteiger partial charge on any atom is -0.352 e. The first-order valence-electron chi connectivity index (χ1n) is 8.93. The lowest BCUT2D eigenvalue weighted by Gasteiger charge is -2.48. The van der Waals surface area contributed by atoms with E-state index in [0.29, 0.717) is 5.41 Å². The number of hydrogen-bond acceptors (Lipinski definition) is 2. The number of ether oxygens (including phenoxy) is 1. The van der Waals surface area contributed by atoms with Crippen molar-refractivity contribution in [1.29, 1.82) is 0 Å². The number of benzene rings is 1. The van der Waals surface area contributed by atoms with Gasteiger partial charge in [-0.3, -0.25) is 4.90 Å². The molecule has 2 unspecified atom stereocenters. The van der Waals surface area contributed by atoms with Crippen LogP contribution in [0, 0.1) is 11.3 Å². The number of nitrogens with zero attached hydrogens (tertiary/aromatic N) is 1. The van der Waals surface area contributed by atoms with Crippen LogP contribution in [-0.4, -0.2) is 30.3 Å². The summed E-state index contributed by atoms with van der Waals surface area (Å²) >= 11 is 0. The molecular formula is C20H29NO. The van der Waals surface area contributed by atoms with Gasteiger partial charge in [-0.2, -0.15) is 0 Å². The molecule has 22 heavy (non-hydrogen) atoms. The van der Waals surface area contributed by atoms with Gasteiger partial charge in [-0.15, -0.1) is 0 Å². The van der Waals surface area contributed by atoms with Gasteiger partial charge in [-0.05, 0) is 42.6 Å². The fourth-order valence-corrected chi connectivity index (χ4v) is 5.15. The van der Waals surface area contributed by atoms with E-state index in [1.807, 2.05) is 0 Å². The van der Waals surface area contributed by atoms with Crippen molar-refractivity contribution in [3.05, 3.63) is 35.9 Å². The fourth-order valence-electron chi connectivity index (χ4n) is 5.15. The molecule has 120 valence electrons. The molecule has 3 aliphatic rings. The third-order valence-corrected chi connectivity index (χ3v) is 6.60. The van der Waals surface area contributed by atoms with E-state index in [2.05, 4.69) is 56.0 Å². The van der Waals surface area contributed by atoms with Gasteiger partial charge in [0.2, 0.25) is 0 Å². The van der Waals surface area contributed by atoms with Crippen molar-refractivity contribution in [1.82, 2.24) is 4.90 Å². The Labute approximate surface area is 134 Å². The topological polar surface area (TPSA) is 15.8 Å². The van der Waals surface area contributed by atoms with Crippen molar-refractivity contribution in [3.8, 4) is 0 Å². The third kappa shape index (κ3) is 2.00. The zero-order valence-corrected chi connectivity index (χ0v) is 14.3. The van der Waals surface area contributed by atoms with Crippen LogP contribution < -0.4 is 0 Å². The summed E-state index contributed by atoms with van der Waals surface area (Å²) in [4.78, 5) is 2.68. The summed E-state index contributed by atoms with van der Waals surface area (Å²) in [6.07, 6.45) is 5.16. The number of epoxide rings is 1. The first-order chi connectivity index (χ1) is 10.5. The summed E-state index contributed by atoms with van der Waals surface area (Å²) in [5, 5.41) is 0. The zero-order valence-electron chi connectivity index (χ0n) is 14.3. The van der Waals surface area contributed by atoms with E-state index in [0.717, 1.165) is 12.5 Å². The van der Waals surface area contributed by atoms with Crippen LogP contribution in [0.2, 0.25) is 0 Å². The van der Waals surface area contributed by atoms with Crippen LogP contribution in [0.5, 0.6) is 0 Å². The molecule has 3 fully saturated rings. The van der Waals surface area contributed by atoms with E-state index >= 15 is 0 Å². The number of piperidine rings is 1. The van der Waals surface area contributed by atoms with Gasteiger partial charge in [0.1, 0.15) is 0 Å². The Morgan fingerprint density at radius 1 is 1.14 bits per heavy atom. The van der Waals surface area contributed by atoms with Gasteiger partial charge in [-0.1, -0.05) is 51.1 Å². The fraction of sp³-hybridized carbons (Fsp3) is 0.700. The molecule has 2 nitrogen and oxygen atoms in total. The molecule has 3 aliphatic heterocycles. The average Bonchev–Trinajstić information content (AvgIpc) is 3.28. The molecule has 3 heterocycles. The van der Waals surface area contributed by atoms with E-state index < -0.39 is 0 Å². The first kappa shape index (κ1) is 14.7. The summed E-state index contributed by atoms with van der Waals surface area (Å²) in [6.45, 7) is 10.6. The lowest BCUT2D eigenvalue weighted by molar-refractivity contribution is -0.0238. The van der Waals surface area contributed by atoms with E-state index in [-0.39, 0.29) is 11.1 Å². The van der Waals surface area contributed by atoms with Crippen LogP contribution in [0.25, 0.3) is 0 Å². The van der Waals surface area contributed by atoms with Gasteiger partial charge in [0.15, 0.2) is 5.72 Å². The number of rotatable bonds is 1. The maximum Gasteiger partial charge on any atom is 0.155 e. The highest BCUT2D eigenvalue weighted by Crippen LogP contribution is 2.60. The van der Waals surface area contributed by atoms with Gasteiger partial charge >= 0.3 is 0 Å². The lowest BCUT2D eigenvalue weighted by Crippen LogP contribution is -2.57. The van der Waals surface area contributed by atoms with Crippen molar-refractivity contribution in [2.75, 3.05) is 19.7 Å². The maximum absolute atomic E-state index is 6.23. The molecule has 4 atom stereocenters. The predicted molar refractivity (Wildman–Crippen MR) is 89.8 cm³/mol. The average molecular weight is 299 g/mol. The Morgan fingerprint density at radius 3 is 2.50 bits per heavy atom. The van der Waals surface area contributed by atoms with Gasteiger partial charge in [0.25, 0.3) is 0 Å². The molecule has 2 heteroatoms. The van der Waals surface area contributed by atoms with Crippen LogP contribution in [-0.2, 0) is 10.2 Å². The Bertz CT molecular complexity index is 543. The lowest BCUT2D eigenvalue weighted by atomic mass is 9.61. The highest BCUT2D eigenvalue weighted by Gasteiger charge is 2.68. The van der Waals surface area contributed by atoms with Gasteiger partial charge < -0.3 is 4.74 Å². The SMILES string of the molecule is CC(C)(C)C1CCN2CCC[C@](c3ccccc3)(C1)[C@@]21CO1. The quantitative estimate of drug-likeness (QED) is 0.722. The summed E-state index contributed by atoms with van der Waals surface area (Å²) < 4.78 is 6.23. The molecule has 0 radical (unpaired) electrons. The van der Waals surface area contributed by atoms with E-state index in [4.69, 9.17) is 4.74 Å². The Hall–Kier alpha value is -0.860. The predicted octanol–water partition coefficient (Wildman–Crippen LogP) is 4.20. The third-order valence-electron chi connectivity index (χ3n) is 6.60. The van der Waals surface area contributed by atoms with Crippen LogP contribution in [0.1, 0.15) is 52.0 Å². The molecular weight excluding hydrogens is 270 g/mol. The Morgan fingerprint density at radius 2 is 1.86 bits per heavy atom. The summed E-state index contributed by atoms with van der Waals surface area (Å²) in [6, 6.07) is 11.2. The van der Waals surface area contributed by atoms with E-state index in [1.54, 1.807) is 0 Å². The zero-order chi connectivity index (χ0) is 15.4. The van der Waals surface area contributed by atoms with Crippen molar-refractivity contribution < 1.29 is 4.74 Å². The van der Waals surface area contributed by atoms with Gasteiger partial charge in [0, 0.05) is 18.5 Å². The number of hydrogen-bond donors (Lipinski definition) is 0. The molecule has 1 aromatic rings. The Kier molecular flexibility index (Phi) is 3.22. The van der Waals surface area contributed by atoms with Crippen LogP contribution in [0.15, 0.2) is 30.3 Å². The molecule has 1 aromatic carbocycles. The highest BCUT2D eigenvalue weighted by molar-refractivity contribution is 5.34. The van der Waals surface area contributed by atoms with Crippen molar-refractivity contribution in [3.63, 3.8) is 0 Å². The van der Waals surface area contributed by atoms with Crippen molar-refractivity contribution in [2.45, 2.75) is 57.6 Å². The second-order valence-electron chi connectivity index (χ2n) is 8.67. The van der Waals surface area contributed by atoms with Gasteiger partial charge in [-0.25, -0.2) is 0 Å². The molecule has 0 saturated carbocycles. The second kappa shape index (κ2) is 4.82. The Balaban J connectivity index is 1.83. The minimum atomic E-state index is 0.00655. The minimum absolute atomic E-state index is 0.00655. The molecule has 0 aliphatic carbocycles. The molecule has 3 saturated heterocycles. The van der Waals surface area contributed by atoms with Crippen molar-refractivity contribution >= 4 is 0 Å². The van der Waals surface area contributed by atoms with Crippen LogP contribution in [0.3, 0.4) is 0 Å². The molecule has 1 spiro atoms. The molecule has 0 aromatic heterocycles. The largest absolute Gasteiger partial charge is 0.352 e. The van der Waals surface area contributed by atoms with E-state index in [1.165, 1.54) is 44.3 Å². The smallest absolute Gasteiger partial charge is 0.155 e. The second-order valence-corrected chi connectivity index (χ2v) is 8.67. The molecule has 2 bridgehead atoms. The first-order valence-corrected chi connectivity index (χ1v) is 8.93. The molecule has 4 rings (SSSR count). The normalized spacial score (nSPS) is 41.2. The standard InChI is InChI=1S/C20H29NO/c1-18(2,3)17-10-13-21-12-7-11-19(14-17,20(21)15-22-20)16-8-5-4-6-9-16/h4-6,8-9,17H,7,10-15H2,1-3H3/t17?,19-,20+/m1/s1. The van der Waals surface area contributed by atoms with Gasteiger partial charge in [0.05, 0.1) is 6.61 Å². The molecule has 0 amide bonds. The monoisotopic (exact) mass is 299 g/mol. The summed E-state index contributed by atoms with van der Waals surface area (Å²) in [5.41, 5.74) is 2.08. The van der Waals surface area contributed by atoms with Crippen LogP contribution >= 0.6 is 0 Å². The molecule has 0 N–H and O–H groups in total.